The molecule has 0 aliphatic carbocycles. The molecule has 3 rings (SSSR count). The number of ether oxygens (including phenoxy) is 1. The minimum Gasteiger partial charge on any atom is -0.444 e. The lowest BCUT2D eigenvalue weighted by atomic mass is 10.0. The van der Waals surface area contributed by atoms with Crippen molar-refractivity contribution in [2.45, 2.75) is 64.3 Å². The molecule has 0 saturated carbocycles. The lowest BCUT2D eigenvalue weighted by Gasteiger charge is -2.39. The average Bonchev–Trinajstić information content (AvgIpc) is 3.19. The highest BCUT2D eigenvalue weighted by Crippen LogP contribution is 2.39. The van der Waals surface area contributed by atoms with Crippen molar-refractivity contribution in [3.63, 3.8) is 0 Å². The van der Waals surface area contributed by atoms with Crippen LogP contribution >= 0.6 is 0 Å². The molecule has 2 aliphatic heterocycles. The third-order valence-corrected chi connectivity index (χ3v) is 5.79. The molecule has 0 unspecified atom stereocenters. The maximum Gasteiger partial charge on any atom is 0.416 e. The molecule has 0 N–H and O–H groups in total. The van der Waals surface area contributed by atoms with Gasteiger partial charge in [-0.05, 0) is 64.7 Å². The second kappa shape index (κ2) is 8.55. The Morgan fingerprint density at radius 3 is 2.20 bits per heavy atom. The molecule has 2 fully saturated rings. The van der Waals surface area contributed by atoms with Crippen LogP contribution in [0.25, 0.3) is 0 Å². The van der Waals surface area contributed by atoms with Gasteiger partial charge in [0.2, 0.25) is 0 Å². The number of carbonyl (C=O) groups is 1. The van der Waals surface area contributed by atoms with Gasteiger partial charge in [-0.1, -0.05) is 0 Å². The maximum absolute atomic E-state index is 13.3. The second-order valence-corrected chi connectivity index (χ2v) is 9.20. The van der Waals surface area contributed by atoms with Gasteiger partial charge in [0.1, 0.15) is 5.60 Å². The highest BCUT2D eigenvalue weighted by atomic mass is 19.4. The molecule has 2 heterocycles. The van der Waals surface area contributed by atoms with E-state index in [4.69, 9.17) is 4.74 Å². The number of amides is 1. The number of hydrogen-bond donors (Lipinski definition) is 0. The summed E-state index contributed by atoms with van der Waals surface area (Å²) in [6.45, 7) is 8.23. The highest BCUT2D eigenvalue weighted by molar-refractivity contribution is 5.73. The van der Waals surface area contributed by atoms with E-state index >= 15 is 0 Å². The van der Waals surface area contributed by atoms with E-state index in [1.165, 1.54) is 12.1 Å². The zero-order chi connectivity index (χ0) is 22.1. The number of benzene rings is 1. The van der Waals surface area contributed by atoms with Crippen molar-refractivity contribution < 1.29 is 22.7 Å². The number of likely N-dealkylation sites (tertiary alicyclic amines) is 1. The number of nitrogens with zero attached hydrogens (tertiary/aromatic N) is 3. The summed E-state index contributed by atoms with van der Waals surface area (Å²) in [6.07, 6.45) is -1.19. The topological polar surface area (TPSA) is 36.0 Å². The van der Waals surface area contributed by atoms with Crippen LogP contribution in [-0.2, 0) is 10.9 Å². The molecule has 0 atom stereocenters. The molecule has 168 valence electrons. The van der Waals surface area contributed by atoms with E-state index in [1.807, 2.05) is 27.8 Å². The van der Waals surface area contributed by atoms with Crippen LogP contribution in [0.15, 0.2) is 18.2 Å². The van der Waals surface area contributed by atoms with E-state index in [1.54, 1.807) is 11.0 Å². The van der Waals surface area contributed by atoms with Gasteiger partial charge < -0.3 is 19.4 Å². The first-order chi connectivity index (χ1) is 14.0. The Labute approximate surface area is 176 Å². The van der Waals surface area contributed by atoms with Gasteiger partial charge in [-0.15, -0.1) is 0 Å². The van der Waals surface area contributed by atoms with Gasteiger partial charge in [-0.2, -0.15) is 13.2 Å². The molecule has 2 saturated heterocycles. The Bertz CT molecular complexity index is 747. The van der Waals surface area contributed by atoms with Crippen molar-refractivity contribution >= 4 is 17.5 Å². The fourth-order valence-corrected chi connectivity index (χ4v) is 4.17. The van der Waals surface area contributed by atoms with E-state index in [9.17, 15) is 18.0 Å². The van der Waals surface area contributed by atoms with E-state index in [0.29, 0.717) is 18.8 Å². The van der Waals surface area contributed by atoms with Crippen LogP contribution < -0.4 is 9.80 Å². The van der Waals surface area contributed by atoms with Crippen LogP contribution in [0.1, 0.15) is 52.0 Å². The highest BCUT2D eigenvalue weighted by Gasteiger charge is 2.34. The number of hydrogen-bond acceptors (Lipinski definition) is 4. The van der Waals surface area contributed by atoms with Crippen molar-refractivity contribution in [1.29, 1.82) is 0 Å². The van der Waals surface area contributed by atoms with E-state index in [0.717, 1.165) is 44.5 Å². The predicted octanol–water partition coefficient (Wildman–Crippen LogP) is 5.14. The van der Waals surface area contributed by atoms with Crippen molar-refractivity contribution in [2.24, 2.45) is 0 Å². The van der Waals surface area contributed by atoms with Crippen LogP contribution in [0.5, 0.6) is 0 Å². The summed E-state index contributed by atoms with van der Waals surface area (Å²) in [6, 6.07) is 4.20. The summed E-state index contributed by atoms with van der Waals surface area (Å²) in [7, 11) is 1.94. The Morgan fingerprint density at radius 2 is 1.67 bits per heavy atom. The SMILES string of the molecule is CN(c1ccc(C(F)(F)F)cc1N1CCCC1)C1CCN(C(=O)OC(C)(C)C)CC1. The number of anilines is 2. The second-order valence-electron chi connectivity index (χ2n) is 9.20. The van der Waals surface area contributed by atoms with Crippen LogP contribution in [-0.4, -0.2) is 55.9 Å². The molecule has 1 aromatic carbocycles. The van der Waals surface area contributed by atoms with Crippen LogP contribution in [0.4, 0.5) is 29.3 Å². The normalized spacial score (nSPS) is 18.6. The molecule has 0 spiro atoms. The Hall–Kier alpha value is -2.12. The number of piperidine rings is 1. The largest absolute Gasteiger partial charge is 0.444 e. The predicted molar refractivity (Wildman–Crippen MR) is 112 cm³/mol. The van der Waals surface area contributed by atoms with Crippen LogP contribution in [0, 0.1) is 0 Å². The first-order valence-corrected chi connectivity index (χ1v) is 10.6. The molecule has 0 bridgehead atoms. The van der Waals surface area contributed by atoms with E-state index in [2.05, 4.69) is 9.80 Å². The first-order valence-electron chi connectivity index (χ1n) is 10.6. The van der Waals surface area contributed by atoms with Gasteiger partial charge in [-0.3, -0.25) is 0 Å². The monoisotopic (exact) mass is 427 g/mol. The van der Waals surface area contributed by atoms with Gasteiger partial charge in [-0.25, -0.2) is 4.79 Å². The first kappa shape index (κ1) is 22.6. The molecule has 2 aliphatic rings. The molecular formula is C22H32F3N3O2. The molecule has 5 nitrogen and oxygen atoms in total. The summed E-state index contributed by atoms with van der Waals surface area (Å²) < 4.78 is 45.3. The van der Waals surface area contributed by atoms with Gasteiger partial charge in [0.15, 0.2) is 0 Å². The summed E-state index contributed by atoms with van der Waals surface area (Å²) in [5.74, 6) is 0. The molecule has 0 radical (unpaired) electrons. The van der Waals surface area contributed by atoms with Gasteiger partial charge >= 0.3 is 12.3 Å². The number of rotatable bonds is 3. The van der Waals surface area contributed by atoms with Gasteiger partial charge in [0, 0.05) is 39.3 Å². The van der Waals surface area contributed by atoms with Crippen molar-refractivity contribution in [3.8, 4) is 0 Å². The lowest BCUT2D eigenvalue weighted by molar-refractivity contribution is -0.137. The average molecular weight is 428 g/mol. The molecule has 1 aromatic rings. The van der Waals surface area contributed by atoms with Gasteiger partial charge in [0.05, 0.1) is 16.9 Å². The Kier molecular flexibility index (Phi) is 6.43. The van der Waals surface area contributed by atoms with E-state index < -0.39 is 17.3 Å². The summed E-state index contributed by atoms with van der Waals surface area (Å²) in [5, 5.41) is 0. The molecule has 8 heteroatoms. The maximum atomic E-state index is 13.3. The Morgan fingerprint density at radius 1 is 1.07 bits per heavy atom. The zero-order valence-electron chi connectivity index (χ0n) is 18.3. The Balaban J connectivity index is 1.74. The van der Waals surface area contributed by atoms with Crippen molar-refractivity contribution in [3.05, 3.63) is 23.8 Å². The minimum absolute atomic E-state index is 0.154. The van der Waals surface area contributed by atoms with Crippen molar-refractivity contribution in [1.82, 2.24) is 4.90 Å². The minimum atomic E-state index is -4.36. The standard InChI is InChI=1S/C22H32F3N3O2/c1-21(2,3)30-20(29)28-13-9-17(10-14-28)26(4)18-8-7-16(22(23,24)25)15-19(18)27-11-5-6-12-27/h7-8,15,17H,5-6,9-14H2,1-4H3. The lowest BCUT2D eigenvalue weighted by Crippen LogP contribution is -2.47. The molecule has 1 amide bonds. The summed E-state index contributed by atoms with van der Waals surface area (Å²) >= 11 is 0. The van der Waals surface area contributed by atoms with Crippen molar-refractivity contribution in [2.75, 3.05) is 43.0 Å². The number of halogens is 3. The number of carbonyl (C=O) groups excluding carboxylic acids is 1. The van der Waals surface area contributed by atoms with Crippen LogP contribution in [0.2, 0.25) is 0 Å². The number of alkyl halides is 3. The quantitative estimate of drug-likeness (QED) is 0.669. The molecule has 30 heavy (non-hydrogen) atoms. The van der Waals surface area contributed by atoms with E-state index in [-0.39, 0.29) is 12.1 Å². The van der Waals surface area contributed by atoms with Gasteiger partial charge in [0.25, 0.3) is 0 Å². The molecular weight excluding hydrogens is 395 g/mol. The smallest absolute Gasteiger partial charge is 0.416 e. The zero-order valence-corrected chi connectivity index (χ0v) is 18.3. The fourth-order valence-electron chi connectivity index (χ4n) is 4.17. The summed E-state index contributed by atoms with van der Waals surface area (Å²) in [4.78, 5) is 18.1. The van der Waals surface area contributed by atoms with Crippen LogP contribution in [0.3, 0.4) is 0 Å². The third-order valence-electron chi connectivity index (χ3n) is 5.79. The molecule has 0 aromatic heterocycles. The fraction of sp³-hybridized carbons (Fsp3) is 0.682. The third kappa shape index (κ3) is 5.32. The summed E-state index contributed by atoms with van der Waals surface area (Å²) in [5.41, 5.74) is 0.330.